The molecule has 0 spiro atoms. The van der Waals surface area contributed by atoms with Crippen LogP contribution in [0, 0.1) is 0 Å². The molecule has 1 nitrogen and oxygen atoms in total. The predicted molar refractivity (Wildman–Crippen MR) is 157 cm³/mol. The first-order valence-electron chi connectivity index (χ1n) is 14.2. The Morgan fingerprint density at radius 1 is 0.735 bits per heavy atom. The van der Waals surface area contributed by atoms with Gasteiger partial charge in [-0.1, -0.05) is 114 Å². The molecule has 0 radical (unpaired) electrons. The molecule has 0 fully saturated rings. The molecular weight excluding hydrogens is 465 g/mol. The second-order valence-electron chi connectivity index (χ2n) is 9.78. The van der Waals surface area contributed by atoms with Crippen LogP contribution in [0.2, 0.25) is 0 Å². The predicted octanol–water partition coefficient (Wildman–Crippen LogP) is 11.7. The summed E-state index contributed by atoms with van der Waals surface area (Å²) in [6.45, 7) is 15.3. The summed E-state index contributed by atoms with van der Waals surface area (Å²) in [5, 5.41) is 0. The minimum Gasteiger partial charge on any atom is -0.272 e. The summed E-state index contributed by atoms with van der Waals surface area (Å²) < 4.78 is 5.51. The van der Waals surface area contributed by atoms with E-state index in [-0.39, 0.29) is 21.7 Å². The van der Waals surface area contributed by atoms with Gasteiger partial charge in [0, 0.05) is 33.8 Å². The van der Waals surface area contributed by atoms with Crippen molar-refractivity contribution >= 4 is 7.05 Å². The zero-order valence-corrected chi connectivity index (χ0v) is 26.6. The molecule has 0 unspecified atom stereocenters. The average molecular weight is 524 g/mol. The van der Waals surface area contributed by atoms with E-state index in [0.29, 0.717) is 0 Å². The molecule has 0 amide bonds. The minimum atomic E-state index is -1.15. The van der Waals surface area contributed by atoms with E-state index in [4.69, 9.17) is 4.74 Å². The van der Waals surface area contributed by atoms with E-state index >= 15 is 0 Å². The van der Waals surface area contributed by atoms with Gasteiger partial charge in [0.25, 0.3) is 0 Å². The molecule has 1 rings (SSSR count). The molecule has 0 heterocycles. The summed E-state index contributed by atoms with van der Waals surface area (Å²) in [7, 11) is -1.15. The largest absolute Gasteiger partial charge is 0.272 e. The van der Waals surface area contributed by atoms with Gasteiger partial charge in [-0.25, -0.2) is 0 Å². The number of allylic oxidation sites excluding steroid dienone is 7. The van der Waals surface area contributed by atoms with Crippen LogP contribution in [0.15, 0.2) is 52.0 Å². The zero-order valence-electron chi connectivity index (χ0n) is 24.1. The normalized spacial score (nSPS) is 13.8. The van der Waals surface area contributed by atoms with Crippen LogP contribution in [-0.2, 0) is 21.7 Å². The van der Waals surface area contributed by atoms with Crippen LogP contribution in [0.3, 0.4) is 0 Å². The van der Waals surface area contributed by atoms with Crippen LogP contribution < -0.4 is 0 Å². The molecular formula is C31H58NPTi. The second kappa shape index (κ2) is 24.6. The monoisotopic (exact) mass is 523 g/mol. The molecule has 0 N–H and O–H groups in total. The molecule has 0 aromatic carbocycles. The van der Waals surface area contributed by atoms with Crippen molar-refractivity contribution in [3.05, 3.63) is 47.2 Å². The van der Waals surface area contributed by atoms with Crippen LogP contribution in [-0.4, -0.2) is 18.5 Å². The smallest absolute Gasteiger partial charge is 0.0425 e. The minimum absolute atomic E-state index is 0. The van der Waals surface area contributed by atoms with Crippen molar-refractivity contribution < 1.29 is 21.7 Å². The molecule has 0 aliphatic heterocycles. The molecule has 0 saturated carbocycles. The molecule has 34 heavy (non-hydrogen) atoms. The van der Waals surface area contributed by atoms with Crippen molar-refractivity contribution in [2.45, 2.75) is 132 Å². The maximum atomic E-state index is 5.51. The Labute approximate surface area is 230 Å². The van der Waals surface area contributed by atoms with Crippen molar-refractivity contribution in [3.8, 4) is 0 Å². The van der Waals surface area contributed by atoms with Gasteiger partial charge < -0.3 is 0 Å². The van der Waals surface area contributed by atoms with Crippen molar-refractivity contribution in [2.75, 3.05) is 18.5 Å². The van der Waals surface area contributed by atoms with E-state index in [0.717, 1.165) is 6.42 Å². The van der Waals surface area contributed by atoms with E-state index in [1.54, 1.807) is 0 Å². The van der Waals surface area contributed by atoms with E-state index < -0.39 is 7.05 Å². The van der Waals surface area contributed by atoms with E-state index in [1.165, 1.54) is 112 Å². The molecule has 196 valence electrons. The van der Waals surface area contributed by atoms with Gasteiger partial charge in [-0.05, 0) is 78.6 Å². The number of rotatable bonds is 17. The van der Waals surface area contributed by atoms with Gasteiger partial charge in [0.05, 0.1) is 0 Å². The quantitative estimate of drug-likeness (QED) is 0.0778. The first-order chi connectivity index (χ1) is 16.0. The molecule has 0 bridgehead atoms. The number of hydrogen-bond donors (Lipinski definition) is 0. The SMILES string of the molecule is CC=C(C)C(C)=CC.CCCCCCP(CCCCCC)(CCCCCC)=NC1=CC=CC1.[Ti]. The summed E-state index contributed by atoms with van der Waals surface area (Å²) in [5.74, 6) is 0. The van der Waals surface area contributed by atoms with Gasteiger partial charge in [-0.3, -0.25) is 4.74 Å². The Morgan fingerprint density at radius 2 is 1.15 bits per heavy atom. The average Bonchev–Trinajstić information content (AvgIpc) is 3.34. The van der Waals surface area contributed by atoms with Gasteiger partial charge in [-0.2, -0.15) is 0 Å². The maximum Gasteiger partial charge on any atom is 0.0425 e. The van der Waals surface area contributed by atoms with Gasteiger partial charge in [0.15, 0.2) is 0 Å². The van der Waals surface area contributed by atoms with Gasteiger partial charge in [0.1, 0.15) is 0 Å². The van der Waals surface area contributed by atoms with Gasteiger partial charge in [0.2, 0.25) is 0 Å². The van der Waals surface area contributed by atoms with E-state index in [9.17, 15) is 0 Å². The maximum absolute atomic E-state index is 5.51. The fraction of sp³-hybridized carbons (Fsp3) is 0.742. The van der Waals surface area contributed by atoms with Crippen LogP contribution in [0.4, 0.5) is 0 Å². The molecule has 1 aliphatic rings. The van der Waals surface area contributed by atoms with Gasteiger partial charge >= 0.3 is 0 Å². The van der Waals surface area contributed by atoms with Gasteiger partial charge in [-0.15, -0.1) is 0 Å². The van der Waals surface area contributed by atoms with Crippen molar-refractivity contribution in [1.82, 2.24) is 0 Å². The van der Waals surface area contributed by atoms with Crippen LogP contribution in [0.5, 0.6) is 0 Å². The third-order valence-electron chi connectivity index (χ3n) is 6.86. The molecule has 0 atom stereocenters. The first kappa shape index (κ1) is 36.1. The molecule has 0 aromatic rings. The third-order valence-corrected chi connectivity index (χ3v) is 11.0. The third kappa shape index (κ3) is 18.2. The fourth-order valence-corrected chi connectivity index (χ4v) is 8.32. The van der Waals surface area contributed by atoms with Crippen LogP contribution >= 0.6 is 7.05 Å². The molecule has 1 aliphatic carbocycles. The summed E-state index contributed by atoms with van der Waals surface area (Å²) in [5.41, 5.74) is 4.12. The Bertz CT molecular complexity index is 600. The molecule has 3 heteroatoms. The zero-order chi connectivity index (χ0) is 24.8. The number of nitrogens with zero attached hydrogens (tertiary/aromatic N) is 1. The van der Waals surface area contributed by atoms with Crippen LogP contribution in [0.1, 0.15) is 132 Å². The van der Waals surface area contributed by atoms with Crippen molar-refractivity contribution in [3.63, 3.8) is 0 Å². The Hall–Kier alpha value is -0.0957. The first-order valence-corrected chi connectivity index (χ1v) is 16.5. The summed E-state index contributed by atoms with van der Waals surface area (Å²) >= 11 is 0. The Morgan fingerprint density at radius 3 is 1.44 bits per heavy atom. The topological polar surface area (TPSA) is 12.4 Å². The Kier molecular flexibility index (Phi) is 26.1. The summed E-state index contributed by atoms with van der Waals surface area (Å²) in [6.07, 6.45) is 33.0. The summed E-state index contributed by atoms with van der Waals surface area (Å²) in [4.78, 5) is 0. The molecule has 0 saturated heterocycles. The van der Waals surface area contributed by atoms with E-state index in [1.807, 2.05) is 0 Å². The van der Waals surface area contributed by atoms with Crippen molar-refractivity contribution in [1.29, 1.82) is 0 Å². The Balaban J connectivity index is 0. The number of unbranched alkanes of at least 4 members (excludes halogenated alkanes) is 9. The van der Waals surface area contributed by atoms with Crippen LogP contribution in [0.25, 0.3) is 0 Å². The second-order valence-corrected chi connectivity index (χ2v) is 13.5. The standard InChI is InChI=1S/C23H44NP.C8H14.Ti/c1-4-7-10-15-20-25(21-16-11-8-5-2,22-17-12-9-6-3)24-23-18-13-14-19-23;1-5-7(3)8(4)6-2;/h13-14,18H,4-12,15-17,19-22H2,1-3H3;5-6H,1-4H3;. The van der Waals surface area contributed by atoms with E-state index in [2.05, 4.69) is 78.8 Å². The van der Waals surface area contributed by atoms with Crippen molar-refractivity contribution in [2.24, 2.45) is 4.74 Å². The molecule has 0 aromatic heterocycles. The number of hydrogen-bond acceptors (Lipinski definition) is 1. The summed E-state index contributed by atoms with van der Waals surface area (Å²) in [6, 6.07) is 0. The fourth-order valence-electron chi connectivity index (χ4n) is 4.22.